The topological polar surface area (TPSA) is 64.7 Å². The number of hydrogen-bond donors (Lipinski definition) is 1. The van der Waals surface area contributed by atoms with Gasteiger partial charge in [-0.2, -0.15) is 23.4 Å². The molecule has 0 aliphatic carbocycles. The fourth-order valence-corrected chi connectivity index (χ4v) is 2.86. The Morgan fingerprint density at radius 1 is 1.32 bits per heavy atom. The molecule has 1 amide bonds. The Hall–Kier alpha value is -2.62. The van der Waals surface area contributed by atoms with Crippen LogP contribution in [0, 0.1) is 6.92 Å². The lowest BCUT2D eigenvalue weighted by Gasteiger charge is -2.11. The van der Waals surface area contributed by atoms with Gasteiger partial charge in [-0.3, -0.25) is 14.2 Å². The van der Waals surface area contributed by atoms with Crippen LogP contribution in [0.4, 0.5) is 18.9 Å². The van der Waals surface area contributed by atoms with E-state index in [0.717, 1.165) is 22.3 Å². The van der Waals surface area contributed by atoms with Gasteiger partial charge in [0.15, 0.2) is 0 Å². The number of rotatable bonds is 5. The first-order chi connectivity index (χ1) is 13.1. The van der Waals surface area contributed by atoms with Crippen molar-refractivity contribution < 1.29 is 18.0 Å². The Labute approximate surface area is 167 Å². The number of nitrogens with zero attached hydrogens (tertiary/aromatic N) is 4. The first-order valence-corrected chi connectivity index (χ1v) is 9.13. The van der Waals surface area contributed by atoms with Gasteiger partial charge in [0.1, 0.15) is 6.04 Å². The van der Waals surface area contributed by atoms with E-state index in [-0.39, 0.29) is 12.5 Å². The molecule has 0 spiro atoms. The second kappa shape index (κ2) is 7.78. The smallest absolute Gasteiger partial charge is 0.322 e. The first kappa shape index (κ1) is 20.1. The largest absolute Gasteiger partial charge is 0.416 e. The van der Waals surface area contributed by atoms with E-state index in [4.69, 9.17) is 0 Å². The Balaban J connectivity index is 1.66. The molecule has 0 saturated carbocycles. The summed E-state index contributed by atoms with van der Waals surface area (Å²) >= 11 is 3.35. The number of hydrogen-bond acceptors (Lipinski definition) is 3. The lowest BCUT2D eigenvalue weighted by Crippen LogP contribution is -2.23. The SMILES string of the molecule is Cc1nn(C(C)C(=O)Nc2cnn(Cc3cccc(C(F)(F)F)c3)c2)cc1Br. The molecule has 2 aromatic heterocycles. The summed E-state index contributed by atoms with van der Waals surface area (Å²) in [5.41, 5.74) is 0.974. The molecule has 148 valence electrons. The zero-order chi connectivity index (χ0) is 20.5. The van der Waals surface area contributed by atoms with E-state index in [9.17, 15) is 18.0 Å². The van der Waals surface area contributed by atoms with Crippen LogP contribution in [0.3, 0.4) is 0 Å². The van der Waals surface area contributed by atoms with Crippen molar-refractivity contribution in [2.75, 3.05) is 5.32 Å². The summed E-state index contributed by atoms with van der Waals surface area (Å²) in [6, 6.07) is 4.51. The highest BCUT2D eigenvalue weighted by atomic mass is 79.9. The van der Waals surface area contributed by atoms with Gasteiger partial charge < -0.3 is 5.32 Å². The molecule has 0 bridgehead atoms. The molecule has 0 aliphatic rings. The van der Waals surface area contributed by atoms with Gasteiger partial charge in [0.25, 0.3) is 0 Å². The van der Waals surface area contributed by atoms with Gasteiger partial charge in [0, 0.05) is 12.4 Å². The number of aryl methyl sites for hydroxylation is 1. The average Bonchev–Trinajstić information content (AvgIpc) is 3.20. The number of amides is 1. The summed E-state index contributed by atoms with van der Waals surface area (Å²) in [4.78, 5) is 12.4. The summed E-state index contributed by atoms with van der Waals surface area (Å²) < 4.78 is 42.3. The van der Waals surface area contributed by atoms with Gasteiger partial charge in [-0.25, -0.2) is 0 Å². The van der Waals surface area contributed by atoms with Gasteiger partial charge >= 0.3 is 6.18 Å². The minimum Gasteiger partial charge on any atom is -0.322 e. The maximum atomic E-state index is 12.8. The molecule has 3 aromatic rings. The first-order valence-electron chi connectivity index (χ1n) is 8.34. The maximum absolute atomic E-state index is 12.8. The lowest BCUT2D eigenvalue weighted by molar-refractivity contribution is -0.137. The number of nitrogens with one attached hydrogen (secondary N) is 1. The second-order valence-electron chi connectivity index (χ2n) is 6.33. The number of alkyl halides is 3. The van der Waals surface area contributed by atoms with Crippen LogP contribution in [0.25, 0.3) is 0 Å². The fourth-order valence-electron chi connectivity index (χ4n) is 2.57. The summed E-state index contributed by atoms with van der Waals surface area (Å²) in [5.74, 6) is -0.284. The van der Waals surface area contributed by atoms with Crippen LogP contribution in [-0.2, 0) is 17.5 Å². The van der Waals surface area contributed by atoms with Crippen molar-refractivity contribution in [3.8, 4) is 0 Å². The van der Waals surface area contributed by atoms with Crippen LogP contribution < -0.4 is 5.32 Å². The number of anilines is 1. The molecular formula is C18H17BrF3N5O. The van der Waals surface area contributed by atoms with Crippen molar-refractivity contribution >= 4 is 27.5 Å². The lowest BCUT2D eigenvalue weighted by atomic mass is 10.1. The number of halogens is 4. The van der Waals surface area contributed by atoms with E-state index in [1.807, 2.05) is 6.92 Å². The van der Waals surface area contributed by atoms with Crippen LogP contribution in [0.5, 0.6) is 0 Å². The quantitative estimate of drug-likeness (QED) is 0.619. The van der Waals surface area contributed by atoms with E-state index in [1.165, 1.54) is 16.9 Å². The van der Waals surface area contributed by atoms with Crippen molar-refractivity contribution in [3.05, 3.63) is 64.1 Å². The van der Waals surface area contributed by atoms with Crippen molar-refractivity contribution in [2.24, 2.45) is 0 Å². The maximum Gasteiger partial charge on any atom is 0.416 e. The summed E-state index contributed by atoms with van der Waals surface area (Å²) in [5, 5.41) is 11.1. The molecule has 1 atom stereocenters. The van der Waals surface area contributed by atoms with Crippen molar-refractivity contribution in [2.45, 2.75) is 32.6 Å². The van der Waals surface area contributed by atoms with Gasteiger partial charge in [0.05, 0.1) is 34.2 Å². The molecule has 2 heterocycles. The molecule has 28 heavy (non-hydrogen) atoms. The molecule has 1 aromatic carbocycles. The van der Waals surface area contributed by atoms with E-state index >= 15 is 0 Å². The molecule has 0 aliphatic heterocycles. The zero-order valence-corrected chi connectivity index (χ0v) is 16.6. The second-order valence-corrected chi connectivity index (χ2v) is 7.19. The molecular weight excluding hydrogens is 439 g/mol. The van der Waals surface area contributed by atoms with E-state index in [2.05, 4.69) is 31.4 Å². The molecule has 0 saturated heterocycles. The molecule has 0 radical (unpaired) electrons. The summed E-state index contributed by atoms with van der Waals surface area (Å²) in [7, 11) is 0. The summed E-state index contributed by atoms with van der Waals surface area (Å²) in [6.07, 6.45) is 0.337. The molecule has 1 N–H and O–H groups in total. The van der Waals surface area contributed by atoms with E-state index in [1.54, 1.807) is 30.1 Å². The molecule has 10 heteroatoms. The van der Waals surface area contributed by atoms with Gasteiger partial charge in [0.2, 0.25) is 5.91 Å². The van der Waals surface area contributed by atoms with Crippen molar-refractivity contribution in [3.63, 3.8) is 0 Å². The third kappa shape index (κ3) is 4.61. The predicted octanol–water partition coefficient (Wildman–Crippen LogP) is 4.42. The Morgan fingerprint density at radius 2 is 2.07 bits per heavy atom. The van der Waals surface area contributed by atoms with Gasteiger partial charge in [-0.1, -0.05) is 12.1 Å². The van der Waals surface area contributed by atoms with Gasteiger partial charge in [-0.15, -0.1) is 0 Å². The van der Waals surface area contributed by atoms with E-state index in [0.29, 0.717) is 11.3 Å². The number of benzene rings is 1. The zero-order valence-electron chi connectivity index (χ0n) is 15.0. The standard InChI is InChI=1S/C18H17BrF3N5O/c1-11-16(19)10-27(25-11)12(2)17(28)24-15-7-23-26(9-15)8-13-4-3-5-14(6-13)18(20,21)22/h3-7,9-10,12H,8H2,1-2H3,(H,24,28). The molecule has 0 fully saturated rings. The minimum absolute atomic E-state index is 0.153. The van der Waals surface area contributed by atoms with Crippen LogP contribution in [0.1, 0.15) is 29.8 Å². The normalized spacial score (nSPS) is 12.8. The highest BCUT2D eigenvalue weighted by molar-refractivity contribution is 9.10. The Bertz CT molecular complexity index is 976. The van der Waals surface area contributed by atoms with Crippen LogP contribution >= 0.6 is 15.9 Å². The van der Waals surface area contributed by atoms with Crippen LogP contribution in [0.2, 0.25) is 0 Å². The van der Waals surface area contributed by atoms with Crippen molar-refractivity contribution in [1.29, 1.82) is 0 Å². The van der Waals surface area contributed by atoms with Crippen molar-refractivity contribution in [1.82, 2.24) is 19.6 Å². The Kier molecular flexibility index (Phi) is 5.59. The van der Waals surface area contributed by atoms with Crippen LogP contribution in [0.15, 0.2) is 47.3 Å². The third-order valence-corrected chi connectivity index (χ3v) is 4.91. The van der Waals surface area contributed by atoms with Crippen LogP contribution in [-0.4, -0.2) is 25.5 Å². The predicted molar refractivity (Wildman–Crippen MR) is 101 cm³/mol. The fraction of sp³-hybridized carbons (Fsp3) is 0.278. The molecule has 6 nitrogen and oxygen atoms in total. The number of carbonyl (C=O) groups is 1. The van der Waals surface area contributed by atoms with E-state index < -0.39 is 17.8 Å². The number of carbonyl (C=O) groups excluding carboxylic acids is 1. The molecule has 3 rings (SSSR count). The average molecular weight is 456 g/mol. The highest BCUT2D eigenvalue weighted by Gasteiger charge is 2.30. The number of aromatic nitrogens is 4. The third-order valence-electron chi connectivity index (χ3n) is 4.13. The minimum atomic E-state index is -4.39. The monoisotopic (exact) mass is 455 g/mol. The highest BCUT2D eigenvalue weighted by Crippen LogP contribution is 2.29. The van der Waals surface area contributed by atoms with Gasteiger partial charge in [-0.05, 0) is 47.5 Å². The summed E-state index contributed by atoms with van der Waals surface area (Å²) in [6.45, 7) is 3.69. The Morgan fingerprint density at radius 3 is 2.71 bits per heavy atom. The molecule has 1 unspecified atom stereocenters.